The maximum atomic E-state index is 12.3. The molecule has 1 amide bonds. The van der Waals surface area contributed by atoms with Crippen molar-refractivity contribution in [2.24, 2.45) is 29.4 Å². The van der Waals surface area contributed by atoms with Crippen LogP contribution in [0.15, 0.2) is 11.4 Å². The Hall–Kier alpha value is -1.31. The van der Waals surface area contributed by atoms with Gasteiger partial charge in [0, 0.05) is 11.4 Å². The van der Waals surface area contributed by atoms with Crippen molar-refractivity contribution >= 4 is 17.2 Å². The number of carbonyl (C=O) groups is 1. The number of nitrogens with two attached hydrogens (primary N) is 1. The SMILES string of the molecule is NCC#Cc1cc(C(=O)NC2C3C4CCC(C4)C23)cs1. The van der Waals surface area contributed by atoms with Gasteiger partial charge in [-0.05, 0) is 49.0 Å². The summed E-state index contributed by atoms with van der Waals surface area (Å²) in [4.78, 5) is 13.2. The molecule has 4 atom stereocenters. The smallest absolute Gasteiger partial charge is 0.252 e. The first-order chi connectivity index (χ1) is 9.78. The monoisotopic (exact) mass is 286 g/mol. The van der Waals surface area contributed by atoms with Gasteiger partial charge in [-0.2, -0.15) is 0 Å². The molecule has 0 radical (unpaired) electrons. The molecule has 1 heterocycles. The normalized spacial score (nSPS) is 36.1. The molecule has 0 spiro atoms. The van der Waals surface area contributed by atoms with Crippen LogP contribution < -0.4 is 11.1 Å². The Balaban J connectivity index is 1.40. The van der Waals surface area contributed by atoms with Gasteiger partial charge < -0.3 is 11.1 Å². The molecular weight excluding hydrogens is 268 g/mol. The van der Waals surface area contributed by atoms with Crippen molar-refractivity contribution in [2.45, 2.75) is 25.3 Å². The molecule has 3 fully saturated rings. The third-order valence-corrected chi connectivity index (χ3v) is 6.05. The predicted molar refractivity (Wildman–Crippen MR) is 79.3 cm³/mol. The fraction of sp³-hybridized carbons (Fsp3) is 0.562. The molecule has 1 aromatic heterocycles. The minimum Gasteiger partial charge on any atom is -0.349 e. The topological polar surface area (TPSA) is 55.1 Å². The average Bonchev–Trinajstić information content (AvgIpc) is 2.90. The molecule has 4 unspecified atom stereocenters. The summed E-state index contributed by atoms with van der Waals surface area (Å²) in [7, 11) is 0. The van der Waals surface area contributed by atoms with E-state index in [4.69, 9.17) is 5.73 Å². The maximum absolute atomic E-state index is 12.3. The second kappa shape index (κ2) is 4.61. The highest BCUT2D eigenvalue weighted by molar-refractivity contribution is 7.10. The molecule has 3 saturated carbocycles. The quantitative estimate of drug-likeness (QED) is 0.815. The third-order valence-electron chi connectivity index (χ3n) is 5.21. The number of hydrogen-bond acceptors (Lipinski definition) is 3. The molecule has 3 nitrogen and oxygen atoms in total. The Bertz CT molecular complexity index is 595. The van der Waals surface area contributed by atoms with E-state index in [0.717, 1.165) is 34.1 Å². The Morgan fingerprint density at radius 3 is 2.85 bits per heavy atom. The Morgan fingerprint density at radius 1 is 1.40 bits per heavy atom. The van der Waals surface area contributed by atoms with Crippen molar-refractivity contribution in [3.8, 4) is 11.8 Å². The first kappa shape index (κ1) is 12.4. The summed E-state index contributed by atoms with van der Waals surface area (Å²) < 4.78 is 0. The van der Waals surface area contributed by atoms with Crippen molar-refractivity contribution in [2.75, 3.05) is 6.54 Å². The molecular formula is C16H18N2OS. The van der Waals surface area contributed by atoms with E-state index in [9.17, 15) is 4.79 Å². The van der Waals surface area contributed by atoms with Crippen LogP contribution in [0.5, 0.6) is 0 Å². The van der Waals surface area contributed by atoms with Crippen LogP contribution in [0.2, 0.25) is 0 Å². The fourth-order valence-corrected chi connectivity index (χ4v) is 5.17. The van der Waals surface area contributed by atoms with E-state index in [1.807, 2.05) is 11.4 Å². The van der Waals surface area contributed by atoms with E-state index in [2.05, 4.69) is 17.2 Å². The van der Waals surface area contributed by atoms with E-state index < -0.39 is 0 Å². The summed E-state index contributed by atoms with van der Waals surface area (Å²) >= 11 is 1.51. The molecule has 3 N–H and O–H groups in total. The summed E-state index contributed by atoms with van der Waals surface area (Å²) in [6.07, 6.45) is 4.18. The molecule has 2 bridgehead atoms. The molecule has 20 heavy (non-hydrogen) atoms. The highest BCUT2D eigenvalue weighted by Crippen LogP contribution is 2.65. The van der Waals surface area contributed by atoms with Crippen LogP contribution >= 0.6 is 11.3 Å². The Labute approximate surface area is 122 Å². The molecule has 3 aliphatic carbocycles. The lowest BCUT2D eigenvalue weighted by Gasteiger charge is -2.09. The van der Waals surface area contributed by atoms with Crippen LogP contribution in [0, 0.1) is 35.5 Å². The van der Waals surface area contributed by atoms with Crippen LogP contribution in [0.25, 0.3) is 0 Å². The van der Waals surface area contributed by atoms with Crippen molar-refractivity contribution in [3.63, 3.8) is 0 Å². The number of rotatable bonds is 2. The third kappa shape index (κ3) is 1.88. The van der Waals surface area contributed by atoms with Crippen LogP contribution in [0.1, 0.15) is 34.5 Å². The summed E-state index contributed by atoms with van der Waals surface area (Å²) in [5.74, 6) is 9.22. The first-order valence-electron chi connectivity index (χ1n) is 7.36. The Kier molecular flexibility index (Phi) is 2.87. The summed E-state index contributed by atoms with van der Waals surface area (Å²) in [5, 5.41) is 5.13. The molecule has 3 aliphatic rings. The Morgan fingerprint density at radius 2 is 2.15 bits per heavy atom. The lowest BCUT2D eigenvalue weighted by molar-refractivity contribution is 0.0944. The van der Waals surface area contributed by atoms with Gasteiger partial charge in [-0.15, -0.1) is 11.3 Å². The lowest BCUT2D eigenvalue weighted by atomic mass is 10.0. The number of thiophene rings is 1. The number of carbonyl (C=O) groups excluding carboxylic acids is 1. The van der Waals surface area contributed by atoms with E-state index in [0.29, 0.717) is 12.6 Å². The number of nitrogens with one attached hydrogen (secondary N) is 1. The standard InChI is InChI=1S/C16H18N2OS/c17-5-1-2-12-7-11(8-20-12)16(19)18-15-13-9-3-4-10(6-9)14(13)15/h7-10,13-15H,3-6,17H2,(H,18,19). The molecule has 4 rings (SSSR count). The lowest BCUT2D eigenvalue weighted by Crippen LogP contribution is -2.29. The minimum absolute atomic E-state index is 0.0702. The number of hydrogen-bond donors (Lipinski definition) is 2. The molecule has 4 heteroatoms. The van der Waals surface area contributed by atoms with Crippen LogP contribution in [0.4, 0.5) is 0 Å². The van der Waals surface area contributed by atoms with E-state index in [1.54, 1.807) is 0 Å². The largest absolute Gasteiger partial charge is 0.349 e. The summed E-state index contributed by atoms with van der Waals surface area (Å²) in [5.41, 5.74) is 6.10. The molecule has 0 aromatic carbocycles. The van der Waals surface area contributed by atoms with Crippen molar-refractivity contribution < 1.29 is 4.79 Å². The molecule has 1 aromatic rings. The van der Waals surface area contributed by atoms with Crippen LogP contribution in [-0.4, -0.2) is 18.5 Å². The van der Waals surface area contributed by atoms with Gasteiger partial charge in [0.2, 0.25) is 0 Å². The van der Waals surface area contributed by atoms with Gasteiger partial charge in [-0.3, -0.25) is 4.79 Å². The zero-order chi connectivity index (χ0) is 13.7. The van der Waals surface area contributed by atoms with Gasteiger partial charge in [0.05, 0.1) is 17.0 Å². The summed E-state index contributed by atoms with van der Waals surface area (Å²) in [6.45, 7) is 0.355. The zero-order valence-electron chi connectivity index (χ0n) is 11.3. The second-order valence-corrected chi connectivity index (χ2v) is 7.10. The minimum atomic E-state index is 0.0702. The van der Waals surface area contributed by atoms with E-state index in [-0.39, 0.29) is 5.91 Å². The van der Waals surface area contributed by atoms with Crippen molar-refractivity contribution in [1.82, 2.24) is 5.32 Å². The van der Waals surface area contributed by atoms with Gasteiger partial charge in [0.1, 0.15) is 0 Å². The van der Waals surface area contributed by atoms with E-state index in [1.165, 1.54) is 30.6 Å². The molecule has 0 saturated heterocycles. The highest BCUT2D eigenvalue weighted by Gasteiger charge is 2.65. The van der Waals surface area contributed by atoms with Gasteiger partial charge in [0.25, 0.3) is 5.91 Å². The van der Waals surface area contributed by atoms with E-state index >= 15 is 0 Å². The summed E-state index contributed by atoms with van der Waals surface area (Å²) in [6, 6.07) is 2.32. The number of amides is 1. The van der Waals surface area contributed by atoms with Crippen LogP contribution in [-0.2, 0) is 0 Å². The van der Waals surface area contributed by atoms with Gasteiger partial charge in [0.15, 0.2) is 0 Å². The average molecular weight is 286 g/mol. The van der Waals surface area contributed by atoms with Crippen molar-refractivity contribution in [1.29, 1.82) is 0 Å². The van der Waals surface area contributed by atoms with Gasteiger partial charge in [-0.1, -0.05) is 11.8 Å². The molecule has 104 valence electrons. The first-order valence-corrected chi connectivity index (χ1v) is 8.24. The zero-order valence-corrected chi connectivity index (χ0v) is 12.1. The second-order valence-electron chi connectivity index (χ2n) is 6.19. The van der Waals surface area contributed by atoms with Gasteiger partial charge >= 0.3 is 0 Å². The predicted octanol–water partition coefficient (Wildman–Crippen LogP) is 1.83. The van der Waals surface area contributed by atoms with Crippen molar-refractivity contribution in [3.05, 3.63) is 21.9 Å². The maximum Gasteiger partial charge on any atom is 0.252 e. The fourth-order valence-electron chi connectivity index (χ4n) is 4.41. The molecule has 0 aliphatic heterocycles. The van der Waals surface area contributed by atoms with Crippen LogP contribution in [0.3, 0.4) is 0 Å². The number of fused-ring (bicyclic) bond motifs is 5. The highest BCUT2D eigenvalue weighted by atomic mass is 32.1. The van der Waals surface area contributed by atoms with Gasteiger partial charge in [-0.25, -0.2) is 0 Å².